The number of esters is 1. The van der Waals surface area contributed by atoms with Crippen molar-refractivity contribution in [3.8, 4) is 10.7 Å². The standard InChI is InChI=1S/C19H11ClFN3O2S/c20-12-4-3-5-13(21)11(12)10-26-19(25)17-16(22-8-9-23-17)18-24-14-6-1-2-7-15(14)27-18/h1-9H,10H2. The summed E-state index contributed by atoms with van der Waals surface area (Å²) in [5, 5.41) is 0.744. The van der Waals surface area contributed by atoms with Crippen molar-refractivity contribution >= 4 is 39.1 Å². The van der Waals surface area contributed by atoms with Crippen LogP contribution in [0.15, 0.2) is 54.9 Å². The molecule has 134 valence electrons. The lowest BCUT2D eigenvalue weighted by atomic mass is 10.2. The van der Waals surface area contributed by atoms with Crippen LogP contribution in [0.25, 0.3) is 20.9 Å². The van der Waals surface area contributed by atoms with E-state index >= 15 is 0 Å². The van der Waals surface area contributed by atoms with E-state index in [9.17, 15) is 9.18 Å². The van der Waals surface area contributed by atoms with Crippen LogP contribution in [-0.4, -0.2) is 20.9 Å². The van der Waals surface area contributed by atoms with Gasteiger partial charge in [-0.15, -0.1) is 11.3 Å². The number of hydrogen-bond donors (Lipinski definition) is 0. The van der Waals surface area contributed by atoms with Gasteiger partial charge in [-0.2, -0.15) is 0 Å². The number of nitrogens with zero attached hydrogens (tertiary/aromatic N) is 3. The highest BCUT2D eigenvalue weighted by Gasteiger charge is 2.21. The van der Waals surface area contributed by atoms with Gasteiger partial charge in [0.1, 0.15) is 23.1 Å². The fourth-order valence-corrected chi connectivity index (χ4v) is 3.67. The second kappa shape index (κ2) is 7.38. The molecule has 5 nitrogen and oxygen atoms in total. The quantitative estimate of drug-likeness (QED) is 0.456. The van der Waals surface area contributed by atoms with Crippen molar-refractivity contribution < 1.29 is 13.9 Å². The maximum absolute atomic E-state index is 13.9. The molecule has 0 radical (unpaired) electrons. The van der Waals surface area contributed by atoms with Crippen molar-refractivity contribution in [3.05, 3.63) is 77.0 Å². The summed E-state index contributed by atoms with van der Waals surface area (Å²) >= 11 is 7.36. The van der Waals surface area contributed by atoms with Crippen LogP contribution in [0.4, 0.5) is 4.39 Å². The summed E-state index contributed by atoms with van der Waals surface area (Å²) in [7, 11) is 0. The molecular formula is C19H11ClFN3O2S. The van der Waals surface area contributed by atoms with Crippen LogP contribution in [-0.2, 0) is 11.3 Å². The molecule has 2 heterocycles. The van der Waals surface area contributed by atoms with E-state index in [1.807, 2.05) is 24.3 Å². The smallest absolute Gasteiger partial charge is 0.359 e. The van der Waals surface area contributed by atoms with E-state index in [1.54, 1.807) is 0 Å². The van der Waals surface area contributed by atoms with Crippen molar-refractivity contribution in [1.29, 1.82) is 0 Å². The first-order valence-corrected chi connectivity index (χ1v) is 9.10. The topological polar surface area (TPSA) is 65.0 Å². The van der Waals surface area contributed by atoms with Crippen LogP contribution < -0.4 is 0 Å². The summed E-state index contributed by atoms with van der Waals surface area (Å²) < 4.78 is 20.0. The van der Waals surface area contributed by atoms with Gasteiger partial charge in [-0.3, -0.25) is 0 Å². The summed E-state index contributed by atoms with van der Waals surface area (Å²) in [5.74, 6) is -1.27. The number of aromatic nitrogens is 3. The monoisotopic (exact) mass is 399 g/mol. The number of carbonyl (C=O) groups is 1. The Morgan fingerprint density at radius 2 is 1.93 bits per heavy atom. The largest absolute Gasteiger partial charge is 0.456 e. The summed E-state index contributed by atoms with van der Waals surface area (Å²) in [4.78, 5) is 25.4. The molecule has 0 spiro atoms. The molecule has 0 saturated heterocycles. The molecule has 0 atom stereocenters. The molecule has 4 rings (SSSR count). The van der Waals surface area contributed by atoms with Gasteiger partial charge in [0.15, 0.2) is 5.69 Å². The second-order valence-corrected chi connectivity index (χ2v) is 6.95. The van der Waals surface area contributed by atoms with E-state index in [4.69, 9.17) is 16.3 Å². The minimum atomic E-state index is -0.725. The normalized spacial score (nSPS) is 10.9. The molecule has 2 aromatic carbocycles. The van der Waals surface area contributed by atoms with Crippen LogP contribution in [0.5, 0.6) is 0 Å². The molecule has 2 aromatic heterocycles. The maximum atomic E-state index is 13.9. The van der Waals surface area contributed by atoms with E-state index in [0.717, 1.165) is 10.2 Å². The Labute approximate surface area is 162 Å². The Kier molecular flexibility index (Phi) is 4.79. The Morgan fingerprint density at radius 3 is 2.74 bits per heavy atom. The zero-order chi connectivity index (χ0) is 18.8. The lowest BCUT2D eigenvalue weighted by Gasteiger charge is -2.08. The van der Waals surface area contributed by atoms with Crippen molar-refractivity contribution in [3.63, 3.8) is 0 Å². The Balaban J connectivity index is 1.63. The fourth-order valence-electron chi connectivity index (χ4n) is 2.49. The van der Waals surface area contributed by atoms with Crippen LogP contribution in [0.1, 0.15) is 16.1 Å². The van der Waals surface area contributed by atoms with Crippen molar-refractivity contribution in [2.75, 3.05) is 0 Å². The molecule has 0 bridgehead atoms. The molecule has 27 heavy (non-hydrogen) atoms. The third kappa shape index (κ3) is 3.51. The van der Waals surface area contributed by atoms with Crippen LogP contribution >= 0.6 is 22.9 Å². The van der Waals surface area contributed by atoms with Crippen LogP contribution in [0, 0.1) is 5.82 Å². The Bertz CT molecular complexity index is 1100. The zero-order valence-corrected chi connectivity index (χ0v) is 15.3. The summed E-state index contributed by atoms with van der Waals surface area (Å²) in [5.41, 5.74) is 1.26. The summed E-state index contributed by atoms with van der Waals surface area (Å²) in [6, 6.07) is 11.9. The maximum Gasteiger partial charge on any atom is 0.359 e. The molecular weight excluding hydrogens is 389 g/mol. The molecule has 4 aromatic rings. The first-order chi connectivity index (χ1) is 13.1. The van der Waals surface area contributed by atoms with Crippen LogP contribution in [0.3, 0.4) is 0 Å². The molecule has 8 heteroatoms. The highest BCUT2D eigenvalue weighted by molar-refractivity contribution is 7.21. The molecule has 0 aliphatic rings. The third-order valence-corrected chi connectivity index (χ3v) is 5.19. The number of rotatable bonds is 4. The molecule has 0 aliphatic carbocycles. The number of halogens is 2. The number of fused-ring (bicyclic) bond motifs is 1. The van der Waals surface area contributed by atoms with E-state index in [2.05, 4.69) is 15.0 Å². The number of thiazole rings is 1. The molecule has 0 unspecified atom stereocenters. The van der Waals surface area contributed by atoms with Crippen LogP contribution in [0.2, 0.25) is 5.02 Å². The SMILES string of the molecule is O=C(OCc1c(F)cccc1Cl)c1nccnc1-c1nc2ccccc2s1. The minimum absolute atomic E-state index is 0.0176. The van der Waals surface area contributed by atoms with Crippen molar-refractivity contribution in [2.45, 2.75) is 6.61 Å². The van der Waals surface area contributed by atoms with Crippen molar-refractivity contribution in [2.24, 2.45) is 0 Å². The predicted octanol–water partition coefficient (Wildman–Crippen LogP) is 4.90. The minimum Gasteiger partial charge on any atom is -0.456 e. The third-order valence-electron chi connectivity index (χ3n) is 3.80. The van der Waals surface area contributed by atoms with Gasteiger partial charge >= 0.3 is 5.97 Å². The number of hydrogen-bond acceptors (Lipinski definition) is 6. The van der Waals surface area contributed by atoms with Gasteiger partial charge in [0, 0.05) is 18.0 Å². The number of benzene rings is 2. The highest BCUT2D eigenvalue weighted by atomic mass is 35.5. The van der Waals surface area contributed by atoms with Gasteiger partial charge < -0.3 is 4.74 Å². The van der Waals surface area contributed by atoms with Gasteiger partial charge in [0.2, 0.25) is 0 Å². The molecule has 0 fully saturated rings. The predicted molar refractivity (Wildman–Crippen MR) is 101 cm³/mol. The first kappa shape index (κ1) is 17.5. The van der Waals surface area contributed by atoms with E-state index in [1.165, 1.54) is 41.9 Å². The number of carbonyl (C=O) groups excluding carboxylic acids is 1. The molecule has 0 saturated carbocycles. The number of ether oxygens (including phenoxy) is 1. The van der Waals surface area contributed by atoms with Gasteiger partial charge in [-0.1, -0.05) is 29.8 Å². The highest BCUT2D eigenvalue weighted by Crippen LogP contribution is 2.30. The van der Waals surface area contributed by atoms with E-state index in [-0.39, 0.29) is 22.9 Å². The van der Waals surface area contributed by atoms with Gasteiger partial charge in [-0.25, -0.2) is 24.1 Å². The fraction of sp³-hybridized carbons (Fsp3) is 0.0526. The average Bonchev–Trinajstić information content (AvgIpc) is 3.11. The van der Waals surface area contributed by atoms with Gasteiger partial charge in [-0.05, 0) is 24.3 Å². The van der Waals surface area contributed by atoms with Crippen molar-refractivity contribution in [1.82, 2.24) is 15.0 Å². The summed E-state index contributed by atoms with van der Waals surface area (Å²) in [6.45, 7) is -0.305. The summed E-state index contributed by atoms with van der Waals surface area (Å²) in [6.07, 6.45) is 2.87. The van der Waals surface area contributed by atoms with E-state index < -0.39 is 11.8 Å². The zero-order valence-electron chi connectivity index (χ0n) is 13.7. The molecule has 0 amide bonds. The Morgan fingerprint density at radius 1 is 1.11 bits per heavy atom. The molecule has 0 N–H and O–H groups in total. The van der Waals surface area contributed by atoms with Gasteiger partial charge in [0.25, 0.3) is 0 Å². The lowest BCUT2D eigenvalue weighted by Crippen LogP contribution is -2.11. The lowest BCUT2D eigenvalue weighted by molar-refractivity contribution is 0.0462. The second-order valence-electron chi connectivity index (χ2n) is 5.52. The number of para-hydroxylation sites is 1. The van der Waals surface area contributed by atoms with E-state index in [0.29, 0.717) is 10.7 Å². The van der Waals surface area contributed by atoms with Gasteiger partial charge in [0.05, 0.1) is 15.2 Å². The Hall–Kier alpha value is -2.90. The average molecular weight is 400 g/mol. The molecule has 0 aliphatic heterocycles. The first-order valence-electron chi connectivity index (χ1n) is 7.90.